The summed E-state index contributed by atoms with van der Waals surface area (Å²) in [5, 5.41) is 12.7. The third-order valence-electron chi connectivity index (χ3n) is 2.05. The molecule has 4 nitrogen and oxygen atoms in total. The summed E-state index contributed by atoms with van der Waals surface area (Å²) < 4.78 is 0. The summed E-state index contributed by atoms with van der Waals surface area (Å²) in [5.41, 5.74) is 1.73. The van der Waals surface area contributed by atoms with Crippen molar-refractivity contribution >= 4 is 23.4 Å². The molecule has 0 aliphatic carbocycles. The molecule has 1 heterocycles. The number of aromatic amines is 1. The van der Waals surface area contributed by atoms with Crippen molar-refractivity contribution < 1.29 is 9.90 Å². The molecule has 0 saturated carbocycles. The van der Waals surface area contributed by atoms with Crippen LogP contribution < -0.4 is 5.32 Å². The van der Waals surface area contributed by atoms with E-state index >= 15 is 0 Å². The molecule has 0 atom stereocenters. The van der Waals surface area contributed by atoms with E-state index in [0.29, 0.717) is 6.41 Å². The van der Waals surface area contributed by atoms with Crippen LogP contribution in [0.25, 0.3) is 17.0 Å². The molecule has 15 heavy (non-hydrogen) atoms. The van der Waals surface area contributed by atoms with Crippen molar-refractivity contribution in [2.45, 2.75) is 0 Å². The third-order valence-corrected chi connectivity index (χ3v) is 2.05. The highest BCUT2D eigenvalue weighted by molar-refractivity contribution is 5.83. The van der Waals surface area contributed by atoms with Crippen molar-refractivity contribution in [3.8, 4) is 5.75 Å². The van der Waals surface area contributed by atoms with Gasteiger partial charge in [0, 0.05) is 28.9 Å². The smallest absolute Gasteiger partial charge is 0.211 e. The van der Waals surface area contributed by atoms with E-state index in [2.05, 4.69) is 10.3 Å². The molecule has 0 unspecified atom stereocenters. The van der Waals surface area contributed by atoms with Gasteiger partial charge in [0.05, 0.1) is 0 Å². The normalized spacial score (nSPS) is 10.9. The lowest BCUT2D eigenvalue weighted by Gasteiger charge is -1.90. The van der Waals surface area contributed by atoms with Crippen LogP contribution in [0.5, 0.6) is 5.75 Å². The summed E-state index contributed by atoms with van der Waals surface area (Å²) in [6, 6.07) is 7.04. The summed E-state index contributed by atoms with van der Waals surface area (Å²) in [4.78, 5) is 13.1. The van der Waals surface area contributed by atoms with Crippen LogP contribution in [0.3, 0.4) is 0 Å². The Balaban J connectivity index is 2.34. The van der Waals surface area contributed by atoms with Crippen LogP contribution in [0.2, 0.25) is 0 Å². The van der Waals surface area contributed by atoms with E-state index in [4.69, 9.17) is 0 Å². The number of amides is 1. The van der Waals surface area contributed by atoms with E-state index in [0.717, 1.165) is 16.6 Å². The molecule has 0 aliphatic heterocycles. The van der Waals surface area contributed by atoms with Gasteiger partial charge in [-0.25, -0.2) is 0 Å². The molecule has 1 amide bonds. The van der Waals surface area contributed by atoms with Crippen LogP contribution in [0.4, 0.5) is 0 Å². The predicted octanol–water partition coefficient (Wildman–Crippen LogP) is 1.59. The highest BCUT2D eigenvalue weighted by Crippen LogP contribution is 2.20. The molecule has 2 aromatic rings. The zero-order valence-corrected chi connectivity index (χ0v) is 7.90. The Labute approximate surface area is 86.2 Å². The average Bonchev–Trinajstić information content (AvgIpc) is 2.60. The molecule has 0 saturated heterocycles. The van der Waals surface area contributed by atoms with Crippen molar-refractivity contribution in [1.29, 1.82) is 0 Å². The van der Waals surface area contributed by atoms with E-state index in [9.17, 15) is 9.90 Å². The van der Waals surface area contributed by atoms with Crippen molar-refractivity contribution in [1.82, 2.24) is 10.3 Å². The van der Waals surface area contributed by atoms with Gasteiger partial charge < -0.3 is 15.4 Å². The molecule has 1 aromatic carbocycles. The Hall–Kier alpha value is -2.23. The van der Waals surface area contributed by atoms with Gasteiger partial charge in [-0.1, -0.05) is 0 Å². The Bertz CT molecular complexity index is 514. The molecule has 0 aliphatic rings. The lowest BCUT2D eigenvalue weighted by molar-refractivity contribution is -0.108. The number of fused-ring (bicyclic) bond motifs is 1. The van der Waals surface area contributed by atoms with Gasteiger partial charge in [-0.2, -0.15) is 0 Å². The van der Waals surface area contributed by atoms with Crippen molar-refractivity contribution in [2.75, 3.05) is 0 Å². The Kier molecular flexibility index (Phi) is 2.41. The predicted molar refractivity (Wildman–Crippen MR) is 58.2 cm³/mol. The zero-order valence-electron chi connectivity index (χ0n) is 7.90. The molecule has 0 radical (unpaired) electrons. The van der Waals surface area contributed by atoms with Crippen LogP contribution in [-0.4, -0.2) is 16.5 Å². The number of phenols is 1. The number of aromatic nitrogens is 1. The number of carbonyl (C=O) groups excluding carboxylic acids is 1. The Morgan fingerprint density at radius 1 is 1.33 bits per heavy atom. The zero-order chi connectivity index (χ0) is 10.7. The first-order valence-corrected chi connectivity index (χ1v) is 4.47. The molecule has 4 heteroatoms. The molecule has 76 valence electrons. The second kappa shape index (κ2) is 3.88. The molecule has 2 rings (SSSR count). The number of carbonyl (C=O) groups is 1. The van der Waals surface area contributed by atoms with Gasteiger partial charge in [-0.3, -0.25) is 4.79 Å². The van der Waals surface area contributed by atoms with Gasteiger partial charge in [0.15, 0.2) is 0 Å². The summed E-state index contributed by atoms with van der Waals surface area (Å²) in [6.07, 6.45) is 3.88. The Morgan fingerprint density at radius 3 is 3.00 bits per heavy atom. The molecule has 0 fully saturated rings. The number of hydrogen-bond acceptors (Lipinski definition) is 2. The molecular weight excluding hydrogens is 192 g/mol. The first kappa shape index (κ1) is 9.33. The molecule has 1 aromatic heterocycles. The fraction of sp³-hybridized carbons (Fsp3) is 0. The van der Waals surface area contributed by atoms with E-state index < -0.39 is 0 Å². The van der Waals surface area contributed by atoms with Crippen LogP contribution in [0.15, 0.2) is 30.5 Å². The maximum absolute atomic E-state index is 10.0. The minimum absolute atomic E-state index is 0.228. The summed E-state index contributed by atoms with van der Waals surface area (Å²) in [5.74, 6) is 0.228. The standard InChI is InChI=1S/C11H10N2O2/c14-7-12-4-3-9-5-8-1-2-10(15)6-11(8)13-9/h1-7,13,15H,(H,12,14). The van der Waals surface area contributed by atoms with Crippen LogP contribution in [-0.2, 0) is 4.79 Å². The molecule has 3 N–H and O–H groups in total. The maximum atomic E-state index is 10.0. The third kappa shape index (κ3) is 1.99. The van der Waals surface area contributed by atoms with Crippen molar-refractivity contribution in [3.63, 3.8) is 0 Å². The largest absolute Gasteiger partial charge is 0.508 e. The van der Waals surface area contributed by atoms with E-state index in [1.54, 1.807) is 18.2 Å². The summed E-state index contributed by atoms with van der Waals surface area (Å²) in [7, 11) is 0. The second-order valence-electron chi connectivity index (χ2n) is 3.11. The van der Waals surface area contributed by atoms with Gasteiger partial charge in [-0.05, 0) is 24.3 Å². The Morgan fingerprint density at radius 2 is 2.20 bits per heavy atom. The number of phenolic OH excluding ortho intramolecular Hbond substituents is 1. The minimum Gasteiger partial charge on any atom is -0.508 e. The average molecular weight is 202 g/mol. The van der Waals surface area contributed by atoms with E-state index in [-0.39, 0.29) is 5.75 Å². The first-order chi connectivity index (χ1) is 7.29. The van der Waals surface area contributed by atoms with Crippen LogP contribution >= 0.6 is 0 Å². The first-order valence-electron chi connectivity index (χ1n) is 4.47. The second-order valence-corrected chi connectivity index (χ2v) is 3.11. The van der Waals surface area contributed by atoms with E-state index in [1.807, 2.05) is 12.1 Å². The van der Waals surface area contributed by atoms with Crippen LogP contribution in [0.1, 0.15) is 5.69 Å². The van der Waals surface area contributed by atoms with Gasteiger partial charge in [0.2, 0.25) is 6.41 Å². The fourth-order valence-electron chi connectivity index (χ4n) is 1.40. The highest BCUT2D eigenvalue weighted by atomic mass is 16.3. The maximum Gasteiger partial charge on any atom is 0.211 e. The van der Waals surface area contributed by atoms with E-state index in [1.165, 1.54) is 6.20 Å². The fourth-order valence-corrected chi connectivity index (χ4v) is 1.40. The van der Waals surface area contributed by atoms with Gasteiger partial charge in [-0.15, -0.1) is 0 Å². The number of nitrogens with one attached hydrogen (secondary N) is 2. The number of benzene rings is 1. The summed E-state index contributed by atoms with van der Waals surface area (Å²) in [6.45, 7) is 0. The summed E-state index contributed by atoms with van der Waals surface area (Å²) >= 11 is 0. The van der Waals surface area contributed by atoms with Crippen molar-refractivity contribution in [2.24, 2.45) is 0 Å². The minimum atomic E-state index is 0.228. The lowest BCUT2D eigenvalue weighted by atomic mass is 10.2. The van der Waals surface area contributed by atoms with Crippen LogP contribution in [0, 0.1) is 0 Å². The number of rotatable bonds is 3. The van der Waals surface area contributed by atoms with Gasteiger partial charge in [0.1, 0.15) is 5.75 Å². The quantitative estimate of drug-likeness (QED) is 0.662. The molecular formula is C11H10N2O2. The molecule has 0 spiro atoms. The lowest BCUT2D eigenvalue weighted by Crippen LogP contribution is -1.97. The SMILES string of the molecule is O=CNC=Cc1cc2ccc(O)cc2[nH]1. The number of H-pyrrole nitrogens is 1. The highest BCUT2D eigenvalue weighted by Gasteiger charge is 1.98. The monoisotopic (exact) mass is 202 g/mol. The molecule has 0 bridgehead atoms. The topological polar surface area (TPSA) is 65.1 Å². The van der Waals surface area contributed by atoms with Crippen molar-refractivity contribution in [3.05, 3.63) is 36.2 Å². The van der Waals surface area contributed by atoms with Gasteiger partial charge in [0.25, 0.3) is 0 Å². The van der Waals surface area contributed by atoms with Gasteiger partial charge >= 0.3 is 0 Å². The number of hydrogen-bond donors (Lipinski definition) is 3. The number of aromatic hydroxyl groups is 1.